The van der Waals surface area contributed by atoms with Gasteiger partial charge < -0.3 is 29.3 Å². The Morgan fingerprint density at radius 3 is 2.33 bits per heavy atom. The maximum absolute atomic E-state index is 14.4. The van der Waals surface area contributed by atoms with Gasteiger partial charge in [-0.15, -0.1) is 11.8 Å². The molecule has 4 amide bonds. The number of carbonyl (C=O) groups excluding carboxylic acids is 5. The maximum atomic E-state index is 14.4. The van der Waals surface area contributed by atoms with E-state index in [1.807, 2.05) is 60.7 Å². The van der Waals surface area contributed by atoms with E-state index in [1.54, 1.807) is 36.6 Å². The van der Waals surface area contributed by atoms with Crippen LogP contribution in [-0.4, -0.2) is 99.7 Å². The van der Waals surface area contributed by atoms with Gasteiger partial charge in [0.1, 0.15) is 29.3 Å². The molecule has 274 valence electrons. The molecule has 0 spiro atoms. The minimum absolute atomic E-state index is 0.0403. The molecule has 13 heteroatoms. The van der Waals surface area contributed by atoms with E-state index in [4.69, 9.17) is 14.2 Å². The van der Waals surface area contributed by atoms with E-state index in [0.717, 1.165) is 24.0 Å². The van der Waals surface area contributed by atoms with E-state index in [9.17, 15) is 24.0 Å². The molecule has 0 radical (unpaired) electrons. The molecule has 4 aliphatic heterocycles. The average molecular weight is 729 g/mol. The summed E-state index contributed by atoms with van der Waals surface area (Å²) in [4.78, 5) is 71.9. The summed E-state index contributed by atoms with van der Waals surface area (Å²) >= 11 is 1.38. The second-order valence-electron chi connectivity index (χ2n) is 14.0. The number of β-lactam (4-membered cyclic amide) rings is 1. The summed E-state index contributed by atoms with van der Waals surface area (Å²) < 4.78 is 16.9. The third-order valence-corrected chi connectivity index (χ3v) is 10.5. The van der Waals surface area contributed by atoms with Crippen LogP contribution < -0.4 is 5.32 Å². The number of allylic oxidation sites excluding steroid dienone is 1. The number of nitrogens with one attached hydrogen (secondary N) is 1. The lowest BCUT2D eigenvalue weighted by molar-refractivity contribution is -0.153. The highest BCUT2D eigenvalue weighted by molar-refractivity contribution is 8.00. The summed E-state index contributed by atoms with van der Waals surface area (Å²) in [5.74, 6) is -1.11. The number of alkyl carbamates (subject to hydrolysis) is 1. The Labute approximate surface area is 307 Å². The van der Waals surface area contributed by atoms with E-state index in [0.29, 0.717) is 37.2 Å². The highest BCUT2D eigenvalue weighted by atomic mass is 32.2. The zero-order valence-corrected chi connectivity index (χ0v) is 30.4. The van der Waals surface area contributed by atoms with Gasteiger partial charge in [-0.25, -0.2) is 14.4 Å². The summed E-state index contributed by atoms with van der Waals surface area (Å²) in [5, 5.41) is 2.08. The number of amides is 4. The Morgan fingerprint density at radius 1 is 1.02 bits per heavy atom. The van der Waals surface area contributed by atoms with Crippen molar-refractivity contribution in [3.8, 4) is 0 Å². The molecule has 3 atom stereocenters. The molecule has 0 aliphatic carbocycles. The number of likely N-dealkylation sites (tertiary alicyclic amines) is 2. The number of hydrogen-bond acceptors (Lipinski definition) is 9. The molecule has 1 N–H and O–H groups in total. The van der Waals surface area contributed by atoms with E-state index < -0.39 is 47.2 Å². The van der Waals surface area contributed by atoms with Crippen LogP contribution in [0.1, 0.15) is 57.3 Å². The van der Waals surface area contributed by atoms with Gasteiger partial charge in [0.2, 0.25) is 5.91 Å². The lowest BCUT2D eigenvalue weighted by atomic mass is 10.00. The minimum atomic E-state index is -0.910. The van der Waals surface area contributed by atoms with Crippen molar-refractivity contribution in [2.75, 3.05) is 32.0 Å². The summed E-state index contributed by atoms with van der Waals surface area (Å²) in [7, 11) is 0. The number of carbonyl (C=O) groups is 5. The summed E-state index contributed by atoms with van der Waals surface area (Å²) in [6.07, 6.45) is 3.30. The van der Waals surface area contributed by atoms with Crippen molar-refractivity contribution in [3.63, 3.8) is 0 Å². The molecule has 3 saturated heterocycles. The molecule has 0 aromatic heterocycles. The minimum Gasteiger partial charge on any atom is -0.448 e. The van der Waals surface area contributed by atoms with Crippen LogP contribution in [0.3, 0.4) is 0 Å². The van der Waals surface area contributed by atoms with Gasteiger partial charge in [-0.05, 0) is 62.8 Å². The highest BCUT2D eigenvalue weighted by Gasteiger charge is 2.55. The number of ether oxygens (including phenoxy) is 3. The Hall–Kier alpha value is -5.04. The fraction of sp³-hybridized carbons (Fsp3) is 0.410. The Balaban J connectivity index is 1.28. The Kier molecular flexibility index (Phi) is 11.1. The standard InChI is InChI=1S/C39H44N4O8S/c1-5-21-49-38(48)42-19-12-17-29(42)23-41-20-18-27(33(41)44)22-28-24-52-35-30(40-37(47)51-39(2,3)4)34(45)43(35)31(28)36(46)50-32(25-13-8-6-9-14-25)26-15-10-7-11-16-26/h5-11,13-16,22,29-30,32,35H,1,12,17-21,23-24H2,2-4H3,(H,40,47)/t29-,30+,35+/m0/s1. The third-order valence-electron chi connectivity index (χ3n) is 9.22. The summed E-state index contributed by atoms with van der Waals surface area (Å²) in [5.41, 5.74) is 1.76. The van der Waals surface area contributed by atoms with E-state index in [2.05, 4.69) is 11.9 Å². The normalized spacial score (nSPS) is 22.3. The smallest absolute Gasteiger partial charge is 0.410 e. The van der Waals surface area contributed by atoms with Crippen molar-refractivity contribution in [2.45, 2.75) is 69.2 Å². The predicted octanol–water partition coefficient (Wildman–Crippen LogP) is 5.33. The van der Waals surface area contributed by atoms with Gasteiger partial charge in [-0.1, -0.05) is 73.3 Å². The first-order valence-electron chi connectivity index (χ1n) is 17.5. The molecule has 52 heavy (non-hydrogen) atoms. The number of benzene rings is 2. The van der Waals surface area contributed by atoms with E-state index in [1.165, 1.54) is 22.7 Å². The molecule has 3 fully saturated rings. The molecule has 2 aromatic rings. The maximum Gasteiger partial charge on any atom is 0.410 e. The lowest BCUT2D eigenvalue weighted by Gasteiger charge is -2.49. The van der Waals surface area contributed by atoms with Gasteiger partial charge in [0.05, 0.1) is 6.04 Å². The molecule has 6 rings (SSSR count). The molecule has 4 aliphatic rings. The van der Waals surface area contributed by atoms with Gasteiger partial charge in [-0.2, -0.15) is 0 Å². The summed E-state index contributed by atoms with van der Waals surface area (Å²) in [6.45, 7) is 10.3. The van der Waals surface area contributed by atoms with Gasteiger partial charge in [0.15, 0.2) is 6.10 Å². The van der Waals surface area contributed by atoms with Crippen LogP contribution in [0.2, 0.25) is 0 Å². The SMILES string of the molecule is C=CCOC(=O)N1CCC[C@H]1CN1CCC(=CC2=C(C(=O)OC(c3ccccc3)c3ccccc3)N3C(=O)[C@@H](NC(=O)OC(C)(C)C)[C@H]3SC2)C1=O. The van der Waals surface area contributed by atoms with Crippen molar-refractivity contribution >= 4 is 41.7 Å². The zero-order chi connectivity index (χ0) is 37.0. The molecule has 2 aromatic carbocycles. The quantitative estimate of drug-likeness (QED) is 0.113. The van der Waals surface area contributed by atoms with Crippen molar-refractivity contribution in [1.82, 2.24) is 20.0 Å². The second-order valence-corrected chi connectivity index (χ2v) is 15.1. The van der Waals surface area contributed by atoms with Crippen LogP contribution in [0, 0.1) is 0 Å². The molecular formula is C39H44N4O8S. The Morgan fingerprint density at radius 2 is 1.69 bits per heavy atom. The number of thioether (sulfide) groups is 1. The van der Waals surface area contributed by atoms with Crippen molar-refractivity contribution in [1.29, 1.82) is 0 Å². The van der Waals surface area contributed by atoms with E-state index >= 15 is 0 Å². The van der Waals surface area contributed by atoms with Gasteiger partial charge in [0, 0.05) is 31.0 Å². The van der Waals surface area contributed by atoms with Crippen molar-refractivity contribution in [2.24, 2.45) is 0 Å². The van der Waals surface area contributed by atoms with Crippen LogP contribution >= 0.6 is 11.8 Å². The second kappa shape index (κ2) is 15.7. The molecular weight excluding hydrogens is 685 g/mol. The van der Waals surface area contributed by atoms with Crippen LogP contribution in [0.15, 0.2) is 96.2 Å². The van der Waals surface area contributed by atoms with E-state index in [-0.39, 0.29) is 30.0 Å². The first-order chi connectivity index (χ1) is 24.9. The first-order valence-corrected chi connectivity index (χ1v) is 18.5. The van der Waals surface area contributed by atoms with Crippen LogP contribution in [0.25, 0.3) is 0 Å². The van der Waals surface area contributed by atoms with Crippen molar-refractivity contribution in [3.05, 3.63) is 107 Å². The number of esters is 1. The van der Waals surface area contributed by atoms with Gasteiger partial charge in [-0.3, -0.25) is 14.5 Å². The monoisotopic (exact) mass is 728 g/mol. The molecule has 12 nitrogen and oxygen atoms in total. The number of fused-ring (bicyclic) bond motifs is 1. The summed E-state index contributed by atoms with van der Waals surface area (Å²) in [6, 6.07) is 17.6. The Bertz CT molecular complexity index is 1730. The number of nitrogens with zero attached hydrogens (tertiary/aromatic N) is 3. The highest BCUT2D eigenvalue weighted by Crippen LogP contribution is 2.43. The average Bonchev–Trinajstić information content (AvgIpc) is 3.74. The predicted molar refractivity (Wildman–Crippen MR) is 195 cm³/mol. The van der Waals surface area contributed by atoms with Crippen LogP contribution in [0.5, 0.6) is 0 Å². The van der Waals surface area contributed by atoms with Crippen LogP contribution in [0.4, 0.5) is 9.59 Å². The fourth-order valence-corrected chi connectivity index (χ4v) is 8.15. The largest absolute Gasteiger partial charge is 0.448 e. The topological polar surface area (TPSA) is 135 Å². The fourth-order valence-electron chi connectivity index (χ4n) is 6.84. The molecule has 0 unspecified atom stereocenters. The number of hydrogen-bond donors (Lipinski definition) is 1. The third kappa shape index (κ3) is 8.04. The van der Waals surface area contributed by atoms with Gasteiger partial charge in [0.25, 0.3) is 5.91 Å². The molecule has 0 bridgehead atoms. The first kappa shape index (κ1) is 36.7. The number of rotatable bonds is 10. The molecule has 0 saturated carbocycles. The molecule has 4 heterocycles. The lowest BCUT2D eigenvalue weighted by Crippen LogP contribution is -2.70. The van der Waals surface area contributed by atoms with Crippen molar-refractivity contribution < 1.29 is 38.2 Å². The van der Waals surface area contributed by atoms with Crippen LogP contribution in [-0.2, 0) is 28.6 Å². The zero-order valence-electron chi connectivity index (χ0n) is 29.6. The van der Waals surface area contributed by atoms with Gasteiger partial charge >= 0.3 is 18.2 Å².